The molecule has 4 aromatic rings. The Hall–Kier alpha value is -7.30. The fraction of sp³-hybridized carbons (Fsp3) is 0.0930. The van der Waals surface area contributed by atoms with Crippen LogP contribution in [0.2, 0.25) is 0 Å². The first kappa shape index (κ1) is 38.5. The fourth-order valence-corrected chi connectivity index (χ4v) is 4.08. The van der Waals surface area contributed by atoms with Crippen LogP contribution in [-0.4, -0.2) is 29.7 Å². The van der Waals surface area contributed by atoms with Crippen LogP contribution in [0.3, 0.4) is 0 Å². The number of esters is 4. The lowest BCUT2D eigenvalue weighted by atomic mass is 9.99. The first-order chi connectivity index (χ1) is 25.1. The molecular formula is C43H31FO9. The quantitative estimate of drug-likeness (QED) is 0.0582. The molecular weight excluding hydrogens is 679 g/mol. The summed E-state index contributed by atoms with van der Waals surface area (Å²) in [6, 6.07) is 20.2. The molecule has 0 heterocycles. The van der Waals surface area contributed by atoms with E-state index in [1.165, 1.54) is 44.2 Å². The predicted octanol–water partition coefficient (Wildman–Crippen LogP) is 7.23. The van der Waals surface area contributed by atoms with Gasteiger partial charge in [-0.2, -0.15) is 0 Å². The van der Waals surface area contributed by atoms with Crippen molar-refractivity contribution in [2.45, 2.75) is 27.7 Å². The van der Waals surface area contributed by atoms with Crippen molar-refractivity contribution in [3.63, 3.8) is 0 Å². The normalized spacial score (nSPS) is 9.91. The third-order valence-electron chi connectivity index (χ3n) is 6.92. The molecule has 0 saturated heterocycles. The van der Waals surface area contributed by atoms with E-state index in [0.29, 0.717) is 28.0 Å². The van der Waals surface area contributed by atoms with Crippen molar-refractivity contribution in [3.05, 3.63) is 143 Å². The summed E-state index contributed by atoms with van der Waals surface area (Å²) in [5.41, 5.74) is 1.88. The number of hydrogen-bond donors (Lipinski definition) is 0. The van der Waals surface area contributed by atoms with Crippen molar-refractivity contribution >= 4 is 29.7 Å². The lowest BCUT2D eigenvalue weighted by molar-refractivity contribution is -0.146. The first-order valence-corrected chi connectivity index (χ1v) is 15.7. The SMILES string of the molecule is C=C(C)C(=O)Oc1ccc(C#Cc2ccc(-c3cc(OC(=O)C(=C)C)c(C#Cc4ccc(OC(=O)C(=C)C)cc4)c(F)c3OC(=O)C(C)=O)cc2)cc1. The van der Waals surface area contributed by atoms with E-state index in [-0.39, 0.29) is 33.8 Å². The van der Waals surface area contributed by atoms with Gasteiger partial charge in [0.2, 0.25) is 5.78 Å². The summed E-state index contributed by atoms with van der Waals surface area (Å²) in [5, 5.41) is 0. The zero-order chi connectivity index (χ0) is 38.8. The molecule has 0 amide bonds. The van der Waals surface area contributed by atoms with Crippen molar-refractivity contribution < 1.29 is 47.3 Å². The number of hydrogen-bond acceptors (Lipinski definition) is 9. The number of rotatable bonds is 9. The smallest absolute Gasteiger partial charge is 0.379 e. The summed E-state index contributed by atoms with van der Waals surface area (Å²) in [6.07, 6.45) is 0. The van der Waals surface area contributed by atoms with E-state index < -0.39 is 46.8 Å². The number of carbonyl (C=O) groups is 5. The molecule has 0 spiro atoms. The summed E-state index contributed by atoms with van der Waals surface area (Å²) in [5.74, 6) is 5.47. The Labute approximate surface area is 305 Å². The highest BCUT2D eigenvalue weighted by molar-refractivity contribution is 6.33. The number of carbonyl (C=O) groups excluding carboxylic acids is 5. The minimum absolute atomic E-state index is 0.0169. The Morgan fingerprint density at radius 1 is 0.528 bits per heavy atom. The van der Waals surface area contributed by atoms with Crippen molar-refractivity contribution in [2.75, 3.05) is 0 Å². The van der Waals surface area contributed by atoms with Gasteiger partial charge in [-0.25, -0.2) is 23.6 Å². The van der Waals surface area contributed by atoms with Crippen LogP contribution >= 0.6 is 0 Å². The second kappa shape index (κ2) is 17.1. The van der Waals surface area contributed by atoms with Crippen molar-refractivity contribution in [1.82, 2.24) is 0 Å². The van der Waals surface area contributed by atoms with Gasteiger partial charge in [-0.3, -0.25) is 4.79 Å². The maximum Gasteiger partial charge on any atom is 0.379 e. The molecule has 0 aliphatic carbocycles. The molecule has 0 unspecified atom stereocenters. The molecule has 0 aliphatic rings. The zero-order valence-corrected chi connectivity index (χ0v) is 29.2. The van der Waals surface area contributed by atoms with Gasteiger partial charge in [-0.15, -0.1) is 0 Å². The predicted molar refractivity (Wildman–Crippen MR) is 194 cm³/mol. The molecule has 53 heavy (non-hydrogen) atoms. The maximum atomic E-state index is 16.4. The van der Waals surface area contributed by atoms with Gasteiger partial charge in [0, 0.05) is 45.9 Å². The molecule has 264 valence electrons. The summed E-state index contributed by atoms with van der Waals surface area (Å²) < 4.78 is 37.5. The number of ketones is 1. The molecule has 0 saturated carbocycles. The van der Waals surface area contributed by atoms with Gasteiger partial charge in [-0.1, -0.05) is 55.6 Å². The van der Waals surface area contributed by atoms with E-state index in [0.717, 1.165) is 6.92 Å². The van der Waals surface area contributed by atoms with Gasteiger partial charge in [0.1, 0.15) is 17.1 Å². The molecule has 0 bridgehead atoms. The van der Waals surface area contributed by atoms with E-state index in [1.54, 1.807) is 55.5 Å². The third kappa shape index (κ3) is 10.4. The summed E-state index contributed by atoms with van der Waals surface area (Å²) in [6.45, 7) is 16.1. The van der Waals surface area contributed by atoms with E-state index in [4.69, 9.17) is 18.9 Å². The van der Waals surface area contributed by atoms with Crippen LogP contribution in [0.1, 0.15) is 49.9 Å². The van der Waals surface area contributed by atoms with Gasteiger partial charge >= 0.3 is 23.9 Å². The largest absolute Gasteiger partial charge is 0.423 e. The fourth-order valence-electron chi connectivity index (χ4n) is 4.08. The standard InChI is InChI=1S/C43H31FO9/c1-25(2)40(46)50-33-19-12-30(13-20-33)9-8-29-10-17-32(18-11-29)36-24-37(52-42(48)27(5)6)35(38(44)39(36)53-43(49)28(7)45)23-16-31-14-21-34(22-15-31)51-41(47)26(3)4/h10-15,17-22,24H,1,3,5H2,2,4,6-7H3. The number of halogens is 1. The van der Waals surface area contributed by atoms with Crippen molar-refractivity contribution in [2.24, 2.45) is 0 Å². The highest BCUT2D eigenvalue weighted by atomic mass is 19.1. The number of ether oxygens (including phenoxy) is 4. The topological polar surface area (TPSA) is 122 Å². The van der Waals surface area contributed by atoms with Crippen LogP contribution in [0.25, 0.3) is 11.1 Å². The Morgan fingerprint density at radius 2 is 0.925 bits per heavy atom. The molecule has 10 heteroatoms. The molecule has 0 fully saturated rings. The minimum Gasteiger partial charge on any atom is -0.423 e. The highest BCUT2D eigenvalue weighted by Crippen LogP contribution is 2.40. The second-order valence-electron chi connectivity index (χ2n) is 11.5. The Kier molecular flexibility index (Phi) is 12.4. The van der Waals surface area contributed by atoms with E-state index in [1.807, 2.05) is 0 Å². The Bertz CT molecular complexity index is 2310. The summed E-state index contributed by atoms with van der Waals surface area (Å²) in [7, 11) is 0. The molecule has 0 aliphatic heterocycles. The van der Waals surface area contributed by atoms with Gasteiger partial charge in [0.25, 0.3) is 0 Å². The minimum atomic E-state index is -1.33. The van der Waals surface area contributed by atoms with E-state index in [2.05, 4.69) is 43.4 Å². The Morgan fingerprint density at radius 3 is 1.34 bits per heavy atom. The molecule has 4 aromatic carbocycles. The third-order valence-corrected chi connectivity index (χ3v) is 6.92. The van der Waals surface area contributed by atoms with Crippen LogP contribution in [0.4, 0.5) is 4.39 Å². The highest BCUT2D eigenvalue weighted by Gasteiger charge is 2.26. The molecule has 0 atom stereocenters. The van der Waals surface area contributed by atoms with Gasteiger partial charge in [0.05, 0.1) is 0 Å². The lowest BCUT2D eigenvalue weighted by Crippen LogP contribution is -2.19. The molecule has 0 radical (unpaired) electrons. The average Bonchev–Trinajstić information content (AvgIpc) is 3.12. The maximum absolute atomic E-state index is 16.4. The van der Waals surface area contributed by atoms with Crippen LogP contribution < -0.4 is 18.9 Å². The summed E-state index contributed by atoms with van der Waals surface area (Å²) in [4.78, 5) is 60.5. The lowest BCUT2D eigenvalue weighted by Gasteiger charge is -2.16. The van der Waals surface area contributed by atoms with Gasteiger partial charge in [0.15, 0.2) is 17.3 Å². The average molecular weight is 711 g/mol. The molecule has 9 nitrogen and oxygen atoms in total. The first-order valence-electron chi connectivity index (χ1n) is 15.7. The van der Waals surface area contributed by atoms with E-state index >= 15 is 4.39 Å². The van der Waals surface area contributed by atoms with Crippen LogP contribution in [-0.2, 0) is 24.0 Å². The van der Waals surface area contributed by atoms with Crippen LogP contribution in [0.15, 0.2) is 115 Å². The zero-order valence-electron chi connectivity index (χ0n) is 29.2. The van der Waals surface area contributed by atoms with Crippen LogP contribution in [0.5, 0.6) is 23.0 Å². The summed E-state index contributed by atoms with van der Waals surface area (Å²) >= 11 is 0. The second-order valence-corrected chi connectivity index (χ2v) is 11.5. The Balaban J connectivity index is 1.74. The van der Waals surface area contributed by atoms with E-state index in [9.17, 15) is 24.0 Å². The van der Waals surface area contributed by atoms with Crippen molar-refractivity contribution in [1.29, 1.82) is 0 Å². The monoisotopic (exact) mass is 710 g/mol. The van der Waals surface area contributed by atoms with Gasteiger partial charge < -0.3 is 18.9 Å². The van der Waals surface area contributed by atoms with Crippen LogP contribution in [0, 0.1) is 29.5 Å². The molecule has 0 N–H and O–H groups in total. The molecule has 0 aromatic heterocycles. The number of benzene rings is 4. The molecule has 4 rings (SSSR count). The van der Waals surface area contributed by atoms with Crippen molar-refractivity contribution in [3.8, 4) is 57.8 Å². The van der Waals surface area contributed by atoms with Gasteiger partial charge in [-0.05, 0) is 93.1 Å². The number of Topliss-reactive ketones (excluding diaryl/α,β-unsaturated/α-hetero) is 1.